The molecule has 5 nitrogen and oxygen atoms in total. The van der Waals surface area contributed by atoms with Crippen LogP contribution in [0.5, 0.6) is 0 Å². The first kappa shape index (κ1) is 18.7. The number of hydrogen-bond acceptors (Lipinski definition) is 4. The smallest absolute Gasteiger partial charge is 0.230 e. The van der Waals surface area contributed by atoms with E-state index in [-0.39, 0.29) is 5.41 Å². The Balaban J connectivity index is 1.51. The minimum atomic E-state index is -0.181. The molecule has 1 aromatic heterocycles. The van der Waals surface area contributed by atoms with E-state index in [0.29, 0.717) is 11.9 Å². The lowest BCUT2D eigenvalue weighted by Crippen LogP contribution is -2.54. The maximum absolute atomic E-state index is 13.5. The summed E-state index contributed by atoms with van der Waals surface area (Å²) in [6, 6.07) is 2.64. The van der Waals surface area contributed by atoms with Gasteiger partial charge in [-0.2, -0.15) is 0 Å². The van der Waals surface area contributed by atoms with Crippen LogP contribution in [0.25, 0.3) is 0 Å². The van der Waals surface area contributed by atoms with Crippen LogP contribution >= 0.6 is 0 Å². The number of amides is 1. The zero-order valence-corrected chi connectivity index (χ0v) is 17.0. The molecule has 3 heterocycles. The highest BCUT2D eigenvalue weighted by Crippen LogP contribution is 2.43. The first-order chi connectivity index (χ1) is 13.1. The first-order valence-electron chi connectivity index (χ1n) is 11.0. The fourth-order valence-corrected chi connectivity index (χ4v) is 5.45. The van der Waals surface area contributed by atoms with Gasteiger partial charge in [0.05, 0.1) is 5.41 Å². The summed E-state index contributed by atoms with van der Waals surface area (Å²) in [5.41, 5.74) is 0.944. The van der Waals surface area contributed by atoms with Crippen molar-refractivity contribution in [2.24, 2.45) is 5.41 Å². The second-order valence-corrected chi connectivity index (χ2v) is 8.86. The number of carbonyl (C=O) groups excluding carboxylic acids is 1. The van der Waals surface area contributed by atoms with Crippen LogP contribution in [0, 0.1) is 12.3 Å². The molecule has 27 heavy (non-hydrogen) atoms. The zero-order valence-electron chi connectivity index (χ0n) is 17.0. The van der Waals surface area contributed by atoms with E-state index >= 15 is 0 Å². The van der Waals surface area contributed by atoms with Crippen molar-refractivity contribution in [3.8, 4) is 0 Å². The van der Waals surface area contributed by atoms with Crippen LogP contribution in [0.4, 0.5) is 5.82 Å². The second-order valence-electron chi connectivity index (χ2n) is 8.86. The van der Waals surface area contributed by atoms with Crippen LogP contribution in [0.15, 0.2) is 6.07 Å². The number of hydrogen-bond donors (Lipinski definition) is 0. The monoisotopic (exact) mass is 370 g/mol. The molecule has 1 aliphatic carbocycles. The molecule has 1 aromatic rings. The number of rotatable bonds is 4. The molecule has 148 valence electrons. The zero-order chi connectivity index (χ0) is 18.9. The van der Waals surface area contributed by atoms with Crippen molar-refractivity contribution in [3.05, 3.63) is 17.6 Å². The Morgan fingerprint density at radius 2 is 1.93 bits per heavy atom. The van der Waals surface area contributed by atoms with Crippen molar-refractivity contribution in [2.75, 3.05) is 24.5 Å². The Kier molecular flexibility index (Phi) is 5.38. The van der Waals surface area contributed by atoms with Crippen molar-refractivity contribution in [3.63, 3.8) is 0 Å². The number of anilines is 1. The summed E-state index contributed by atoms with van der Waals surface area (Å²) in [6.07, 6.45) is 11.6. The maximum Gasteiger partial charge on any atom is 0.230 e. The average molecular weight is 371 g/mol. The van der Waals surface area contributed by atoms with Crippen molar-refractivity contribution >= 4 is 11.7 Å². The molecule has 4 rings (SSSR count). The van der Waals surface area contributed by atoms with Gasteiger partial charge in [0, 0.05) is 37.4 Å². The molecule has 1 amide bonds. The topological polar surface area (TPSA) is 49.3 Å². The fourth-order valence-electron chi connectivity index (χ4n) is 5.45. The summed E-state index contributed by atoms with van der Waals surface area (Å²) in [4.78, 5) is 27.4. The van der Waals surface area contributed by atoms with E-state index in [1.165, 1.54) is 32.1 Å². The number of nitrogens with zero attached hydrogens (tertiary/aromatic N) is 4. The highest BCUT2D eigenvalue weighted by molar-refractivity contribution is 5.85. The number of piperidine rings is 1. The number of carbonyl (C=O) groups is 1. The third kappa shape index (κ3) is 3.70. The number of aryl methyl sites for hydroxylation is 2. The Hall–Kier alpha value is -1.65. The van der Waals surface area contributed by atoms with Crippen molar-refractivity contribution < 1.29 is 4.79 Å². The van der Waals surface area contributed by atoms with E-state index < -0.39 is 0 Å². The first-order valence-corrected chi connectivity index (χ1v) is 11.0. The van der Waals surface area contributed by atoms with Crippen LogP contribution in [0.3, 0.4) is 0 Å². The normalized spacial score (nSPS) is 27.0. The molecule has 0 N–H and O–H groups in total. The van der Waals surface area contributed by atoms with Crippen LogP contribution in [0.1, 0.15) is 76.2 Å². The molecule has 1 saturated carbocycles. The van der Waals surface area contributed by atoms with E-state index in [0.717, 1.165) is 69.1 Å². The van der Waals surface area contributed by atoms with Gasteiger partial charge < -0.3 is 9.80 Å². The van der Waals surface area contributed by atoms with Gasteiger partial charge in [0.25, 0.3) is 0 Å². The third-order valence-corrected chi connectivity index (χ3v) is 6.85. The average Bonchev–Trinajstić information content (AvgIpc) is 3.10. The molecule has 2 saturated heterocycles. The van der Waals surface area contributed by atoms with Gasteiger partial charge in [-0.3, -0.25) is 4.79 Å². The molecule has 3 fully saturated rings. The molecule has 5 heteroatoms. The predicted molar refractivity (Wildman–Crippen MR) is 108 cm³/mol. The van der Waals surface area contributed by atoms with E-state index in [1.807, 2.05) is 6.92 Å². The van der Waals surface area contributed by atoms with Crippen LogP contribution in [-0.4, -0.2) is 46.5 Å². The summed E-state index contributed by atoms with van der Waals surface area (Å²) >= 11 is 0. The molecule has 1 spiro atoms. The summed E-state index contributed by atoms with van der Waals surface area (Å²) in [5, 5.41) is 0. The molecular formula is C22H34N4O. The van der Waals surface area contributed by atoms with E-state index in [2.05, 4.69) is 27.8 Å². The van der Waals surface area contributed by atoms with Gasteiger partial charge in [0.1, 0.15) is 11.6 Å². The van der Waals surface area contributed by atoms with Gasteiger partial charge in [-0.05, 0) is 45.4 Å². The predicted octanol–water partition coefficient (Wildman–Crippen LogP) is 3.89. The third-order valence-electron chi connectivity index (χ3n) is 6.85. The Morgan fingerprint density at radius 3 is 2.70 bits per heavy atom. The van der Waals surface area contributed by atoms with Crippen LogP contribution in [-0.2, 0) is 11.2 Å². The van der Waals surface area contributed by atoms with Gasteiger partial charge in [0.15, 0.2) is 0 Å². The molecular weight excluding hydrogens is 336 g/mol. The molecule has 0 aromatic carbocycles. The highest BCUT2D eigenvalue weighted by atomic mass is 16.2. The van der Waals surface area contributed by atoms with Gasteiger partial charge in [-0.1, -0.05) is 32.6 Å². The van der Waals surface area contributed by atoms with Crippen LogP contribution < -0.4 is 4.90 Å². The van der Waals surface area contributed by atoms with Crippen molar-refractivity contribution in [2.45, 2.75) is 84.1 Å². The van der Waals surface area contributed by atoms with Gasteiger partial charge in [0.2, 0.25) is 5.91 Å². The van der Waals surface area contributed by atoms with E-state index in [1.54, 1.807) is 0 Å². The van der Waals surface area contributed by atoms with Crippen LogP contribution in [0.2, 0.25) is 0 Å². The molecule has 3 aliphatic rings. The lowest BCUT2D eigenvalue weighted by molar-refractivity contribution is -0.148. The lowest BCUT2D eigenvalue weighted by Gasteiger charge is -2.44. The van der Waals surface area contributed by atoms with E-state index in [4.69, 9.17) is 4.98 Å². The summed E-state index contributed by atoms with van der Waals surface area (Å²) in [6.45, 7) is 6.90. The quantitative estimate of drug-likeness (QED) is 0.807. The molecule has 0 bridgehead atoms. The van der Waals surface area contributed by atoms with E-state index in [9.17, 15) is 4.79 Å². The largest absolute Gasteiger partial charge is 0.355 e. The minimum absolute atomic E-state index is 0.181. The Morgan fingerprint density at radius 1 is 1.11 bits per heavy atom. The SMILES string of the molecule is CCCc1cc(N2CCC3(CCCN(C4CCCCC4)C3=O)C2)nc(C)n1. The second kappa shape index (κ2) is 7.76. The van der Waals surface area contributed by atoms with Crippen molar-refractivity contribution in [1.82, 2.24) is 14.9 Å². The lowest BCUT2D eigenvalue weighted by atomic mass is 9.77. The Bertz CT molecular complexity index is 685. The van der Waals surface area contributed by atoms with Gasteiger partial charge >= 0.3 is 0 Å². The Labute approximate surface area is 163 Å². The molecule has 0 radical (unpaired) electrons. The molecule has 1 atom stereocenters. The number of aromatic nitrogens is 2. The molecule has 2 aliphatic heterocycles. The maximum atomic E-state index is 13.5. The van der Waals surface area contributed by atoms with Gasteiger partial charge in [-0.25, -0.2) is 9.97 Å². The molecule has 1 unspecified atom stereocenters. The van der Waals surface area contributed by atoms with Gasteiger partial charge in [-0.15, -0.1) is 0 Å². The highest BCUT2D eigenvalue weighted by Gasteiger charge is 2.49. The standard InChI is InChI=1S/C22H34N4O/c1-3-8-18-15-20(24-17(2)23-18)25-14-12-22(16-25)11-7-13-26(21(22)27)19-9-5-4-6-10-19/h15,19H,3-14,16H2,1-2H3. The summed E-state index contributed by atoms with van der Waals surface area (Å²) < 4.78 is 0. The van der Waals surface area contributed by atoms with Crippen molar-refractivity contribution in [1.29, 1.82) is 0 Å². The number of likely N-dealkylation sites (tertiary alicyclic amines) is 1. The summed E-state index contributed by atoms with van der Waals surface area (Å²) in [5.74, 6) is 2.30. The fraction of sp³-hybridized carbons (Fsp3) is 0.773. The summed E-state index contributed by atoms with van der Waals surface area (Å²) in [7, 11) is 0. The minimum Gasteiger partial charge on any atom is -0.355 e.